The summed E-state index contributed by atoms with van der Waals surface area (Å²) < 4.78 is 5.47. The van der Waals surface area contributed by atoms with Gasteiger partial charge in [-0.15, -0.1) is 0 Å². The number of hydrogen-bond acceptors (Lipinski definition) is 3. The van der Waals surface area contributed by atoms with Gasteiger partial charge in [-0.25, -0.2) is 0 Å². The van der Waals surface area contributed by atoms with E-state index in [1.807, 2.05) is 37.3 Å². The lowest BCUT2D eigenvalue weighted by atomic mass is 10.3. The first kappa shape index (κ1) is 13.9. The molecule has 0 aliphatic rings. The molecule has 3 nitrogen and oxygen atoms in total. The molecule has 1 N–H and O–H groups in total. The molecule has 0 saturated carbocycles. The molecule has 3 heteroatoms. The lowest BCUT2D eigenvalue weighted by Crippen LogP contribution is -2.15. The number of rotatable bonds is 8. The zero-order valence-corrected chi connectivity index (χ0v) is 10.8. The molecule has 0 bridgehead atoms. The maximum absolute atomic E-state index is 5.47. The van der Waals surface area contributed by atoms with E-state index in [4.69, 9.17) is 4.74 Å². The fraction of sp³-hybridized carbons (Fsp3) is 0.500. The van der Waals surface area contributed by atoms with Crippen LogP contribution in [0.4, 0.5) is 0 Å². The Labute approximate surface area is 104 Å². The van der Waals surface area contributed by atoms with Crippen molar-refractivity contribution in [2.75, 3.05) is 13.2 Å². The van der Waals surface area contributed by atoms with Crippen LogP contribution in [-0.4, -0.2) is 18.1 Å². The summed E-state index contributed by atoms with van der Waals surface area (Å²) in [6, 6.07) is 6.07. The lowest BCUT2D eigenvalue weighted by Gasteiger charge is -2.05. The number of allylic oxidation sites excluding steroid dienone is 1. The minimum atomic E-state index is 0.575. The Bertz CT molecular complexity index is 337. The van der Waals surface area contributed by atoms with E-state index in [2.05, 4.69) is 17.2 Å². The van der Waals surface area contributed by atoms with Gasteiger partial charge in [0.05, 0.1) is 24.6 Å². The van der Waals surface area contributed by atoms with E-state index >= 15 is 0 Å². The minimum absolute atomic E-state index is 0.575. The molecule has 0 atom stereocenters. The molecule has 0 saturated heterocycles. The van der Waals surface area contributed by atoms with Crippen molar-refractivity contribution in [1.29, 1.82) is 0 Å². The Balaban J connectivity index is 2.36. The van der Waals surface area contributed by atoms with Gasteiger partial charge >= 0.3 is 0 Å². The topological polar surface area (TPSA) is 34.1 Å². The quantitative estimate of drug-likeness (QED) is 0.554. The minimum Gasteiger partial charge on any atom is -0.371 e. The van der Waals surface area contributed by atoms with E-state index in [0.29, 0.717) is 13.2 Å². The van der Waals surface area contributed by atoms with E-state index in [0.717, 1.165) is 30.9 Å². The Kier molecular flexibility index (Phi) is 7.27. The molecule has 0 aromatic carbocycles. The van der Waals surface area contributed by atoms with Crippen molar-refractivity contribution in [3.05, 3.63) is 41.7 Å². The molecule has 1 rings (SSSR count). The summed E-state index contributed by atoms with van der Waals surface area (Å²) in [5.41, 5.74) is 2.07. The summed E-state index contributed by atoms with van der Waals surface area (Å²) in [6.45, 7) is 7.23. The maximum atomic E-state index is 5.47. The molecule has 17 heavy (non-hydrogen) atoms. The second kappa shape index (κ2) is 8.90. The number of nitrogens with one attached hydrogen (secondary N) is 1. The summed E-state index contributed by atoms with van der Waals surface area (Å²) in [4.78, 5) is 4.53. The molecule has 0 amide bonds. The SMILES string of the molecule is C/C=C/COCc1cccc(CNCCC)n1. The van der Waals surface area contributed by atoms with Crippen LogP contribution in [0, 0.1) is 0 Å². The lowest BCUT2D eigenvalue weighted by molar-refractivity contribution is 0.145. The first-order valence-corrected chi connectivity index (χ1v) is 6.21. The molecule has 0 aliphatic carbocycles. The number of nitrogens with zero attached hydrogens (tertiary/aromatic N) is 1. The van der Waals surface area contributed by atoms with Crippen molar-refractivity contribution < 1.29 is 4.74 Å². The summed E-state index contributed by atoms with van der Waals surface area (Å²) in [5.74, 6) is 0. The first-order chi connectivity index (χ1) is 8.36. The molecule has 0 fully saturated rings. The largest absolute Gasteiger partial charge is 0.371 e. The molecule has 1 aromatic rings. The van der Waals surface area contributed by atoms with E-state index < -0.39 is 0 Å². The van der Waals surface area contributed by atoms with Gasteiger partial charge in [-0.1, -0.05) is 25.1 Å². The summed E-state index contributed by atoms with van der Waals surface area (Å²) in [5, 5.41) is 3.34. The van der Waals surface area contributed by atoms with Gasteiger partial charge in [0, 0.05) is 6.54 Å². The van der Waals surface area contributed by atoms with E-state index in [1.165, 1.54) is 0 Å². The smallest absolute Gasteiger partial charge is 0.0892 e. The van der Waals surface area contributed by atoms with Gasteiger partial charge in [0.2, 0.25) is 0 Å². The molecular formula is C14H22N2O. The van der Waals surface area contributed by atoms with Gasteiger partial charge in [0.1, 0.15) is 0 Å². The van der Waals surface area contributed by atoms with E-state index in [1.54, 1.807) is 0 Å². The third-order valence-corrected chi connectivity index (χ3v) is 2.30. The van der Waals surface area contributed by atoms with Gasteiger partial charge in [0.15, 0.2) is 0 Å². The average molecular weight is 234 g/mol. The maximum Gasteiger partial charge on any atom is 0.0892 e. The molecule has 1 heterocycles. The molecular weight excluding hydrogens is 212 g/mol. The van der Waals surface area contributed by atoms with Crippen molar-refractivity contribution in [3.8, 4) is 0 Å². The Morgan fingerprint density at radius 2 is 2.18 bits per heavy atom. The molecule has 1 aromatic heterocycles. The highest BCUT2D eigenvalue weighted by Crippen LogP contribution is 2.01. The molecule has 0 aliphatic heterocycles. The second-order valence-corrected chi connectivity index (χ2v) is 3.88. The van der Waals surface area contributed by atoms with Crippen molar-refractivity contribution in [2.45, 2.75) is 33.4 Å². The first-order valence-electron chi connectivity index (χ1n) is 6.21. The summed E-state index contributed by atoms with van der Waals surface area (Å²) in [6.07, 6.45) is 5.12. The van der Waals surface area contributed by atoms with E-state index in [9.17, 15) is 0 Å². The highest BCUT2D eigenvalue weighted by Gasteiger charge is 1.97. The predicted octanol–water partition coefficient (Wildman–Crippen LogP) is 2.67. The Morgan fingerprint density at radius 1 is 1.35 bits per heavy atom. The van der Waals surface area contributed by atoms with Crippen LogP contribution >= 0.6 is 0 Å². The number of aromatic nitrogens is 1. The molecule has 94 valence electrons. The number of ether oxygens (including phenoxy) is 1. The van der Waals surface area contributed by atoms with Gasteiger partial charge in [-0.2, -0.15) is 0 Å². The second-order valence-electron chi connectivity index (χ2n) is 3.88. The molecule has 0 spiro atoms. The van der Waals surface area contributed by atoms with Crippen LogP contribution in [0.2, 0.25) is 0 Å². The molecule has 0 unspecified atom stereocenters. The third kappa shape index (κ3) is 6.19. The van der Waals surface area contributed by atoms with Crippen molar-refractivity contribution in [2.24, 2.45) is 0 Å². The van der Waals surface area contributed by atoms with Crippen LogP contribution in [0.15, 0.2) is 30.4 Å². The highest BCUT2D eigenvalue weighted by molar-refractivity contribution is 5.10. The van der Waals surface area contributed by atoms with Crippen LogP contribution < -0.4 is 5.32 Å². The van der Waals surface area contributed by atoms with Crippen LogP contribution in [0.5, 0.6) is 0 Å². The van der Waals surface area contributed by atoms with Gasteiger partial charge < -0.3 is 10.1 Å². The third-order valence-electron chi connectivity index (χ3n) is 2.30. The zero-order valence-electron chi connectivity index (χ0n) is 10.8. The van der Waals surface area contributed by atoms with Crippen molar-refractivity contribution in [1.82, 2.24) is 10.3 Å². The highest BCUT2D eigenvalue weighted by atomic mass is 16.5. The average Bonchev–Trinajstić information content (AvgIpc) is 2.36. The number of pyridine rings is 1. The monoisotopic (exact) mass is 234 g/mol. The van der Waals surface area contributed by atoms with Gasteiger partial charge in [0.25, 0.3) is 0 Å². The van der Waals surface area contributed by atoms with Crippen molar-refractivity contribution >= 4 is 0 Å². The summed E-state index contributed by atoms with van der Waals surface area (Å²) >= 11 is 0. The Morgan fingerprint density at radius 3 is 2.94 bits per heavy atom. The Hall–Kier alpha value is -1.19. The normalized spacial score (nSPS) is 11.2. The van der Waals surface area contributed by atoms with Crippen LogP contribution in [0.3, 0.4) is 0 Å². The van der Waals surface area contributed by atoms with Crippen molar-refractivity contribution in [3.63, 3.8) is 0 Å². The van der Waals surface area contributed by atoms with Crippen LogP contribution in [0.1, 0.15) is 31.7 Å². The number of hydrogen-bond donors (Lipinski definition) is 1. The fourth-order valence-electron chi connectivity index (χ4n) is 1.43. The summed E-state index contributed by atoms with van der Waals surface area (Å²) in [7, 11) is 0. The predicted molar refractivity (Wildman–Crippen MR) is 70.7 cm³/mol. The van der Waals surface area contributed by atoms with Crippen LogP contribution in [-0.2, 0) is 17.9 Å². The standard InChI is InChI=1S/C14H22N2O/c1-3-5-10-17-12-14-8-6-7-13(16-14)11-15-9-4-2/h3,5-8,15H,4,9-12H2,1-2H3/b5-3+. The fourth-order valence-corrected chi connectivity index (χ4v) is 1.43. The van der Waals surface area contributed by atoms with E-state index in [-0.39, 0.29) is 0 Å². The van der Waals surface area contributed by atoms with Gasteiger partial charge in [-0.3, -0.25) is 4.98 Å². The van der Waals surface area contributed by atoms with Crippen LogP contribution in [0.25, 0.3) is 0 Å². The molecule has 0 radical (unpaired) electrons. The van der Waals surface area contributed by atoms with Gasteiger partial charge in [-0.05, 0) is 32.0 Å². The zero-order chi connectivity index (χ0) is 12.3.